The van der Waals surface area contributed by atoms with Gasteiger partial charge in [-0.3, -0.25) is 0 Å². The molecule has 4 nitrogen and oxygen atoms in total. The number of aromatic hydroxyl groups is 2. The van der Waals surface area contributed by atoms with E-state index in [9.17, 15) is 15.0 Å². The molecule has 0 spiro atoms. The summed E-state index contributed by atoms with van der Waals surface area (Å²) in [4.78, 5) is 14.5. The summed E-state index contributed by atoms with van der Waals surface area (Å²) in [6.45, 7) is 1.71. The zero-order valence-corrected chi connectivity index (χ0v) is 9.73. The molecule has 1 saturated carbocycles. The minimum atomic E-state index is -0.558. The molecule has 1 aromatic carbocycles. The second-order valence-electron chi connectivity index (χ2n) is 4.60. The summed E-state index contributed by atoms with van der Waals surface area (Å²) >= 11 is 0. The molecule has 0 amide bonds. The van der Waals surface area contributed by atoms with E-state index in [1.165, 1.54) is 6.07 Å². The number of nitrogens with zero attached hydrogens (tertiary/aromatic N) is 1. The van der Waals surface area contributed by atoms with Gasteiger partial charge in [0.25, 0.3) is 0 Å². The molecule has 0 atom stereocenters. The van der Waals surface area contributed by atoms with Crippen molar-refractivity contribution in [1.82, 2.24) is 0 Å². The number of rotatable bonds is 2. The molecule has 17 heavy (non-hydrogen) atoms. The van der Waals surface area contributed by atoms with Crippen LogP contribution >= 0.6 is 0 Å². The van der Waals surface area contributed by atoms with E-state index in [0.717, 1.165) is 31.2 Å². The van der Waals surface area contributed by atoms with E-state index in [1.807, 2.05) is 0 Å². The molecule has 4 heteroatoms. The van der Waals surface area contributed by atoms with Gasteiger partial charge in [0.1, 0.15) is 0 Å². The Kier molecular flexibility index (Phi) is 2.90. The van der Waals surface area contributed by atoms with Gasteiger partial charge >= 0.3 is 0 Å². The topological polar surface area (TPSA) is 69.9 Å². The average Bonchev–Trinajstić information content (AvgIpc) is 2.75. The van der Waals surface area contributed by atoms with E-state index in [4.69, 9.17) is 0 Å². The molecule has 0 heterocycles. The maximum Gasteiger partial charge on any atom is 0.235 e. The Morgan fingerprint density at radius 1 is 1.29 bits per heavy atom. The van der Waals surface area contributed by atoms with Gasteiger partial charge in [-0.1, -0.05) is 12.8 Å². The first-order valence-electron chi connectivity index (χ1n) is 5.71. The Bertz CT molecular complexity index is 460. The van der Waals surface area contributed by atoms with Crippen molar-refractivity contribution in [3.05, 3.63) is 23.3 Å². The Morgan fingerprint density at radius 2 is 1.94 bits per heavy atom. The first-order valence-corrected chi connectivity index (χ1v) is 5.71. The molecular weight excluding hydrogens is 218 g/mol. The average molecular weight is 233 g/mol. The first kappa shape index (κ1) is 11.7. The van der Waals surface area contributed by atoms with Crippen molar-refractivity contribution < 1.29 is 15.0 Å². The summed E-state index contributed by atoms with van der Waals surface area (Å²) < 4.78 is 0. The summed E-state index contributed by atoms with van der Waals surface area (Å²) in [5, 5.41) is 19.2. The van der Waals surface area contributed by atoms with Crippen LogP contribution in [-0.4, -0.2) is 16.3 Å². The summed E-state index contributed by atoms with van der Waals surface area (Å²) in [7, 11) is 0. The monoisotopic (exact) mass is 233 g/mol. The molecule has 0 bridgehead atoms. The highest BCUT2D eigenvalue weighted by Crippen LogP contribution is 2.44. The summed E-state index contributed by atoms with van der Waals surface area (Å²) in [6, 6.07) is 3.27. The third kappa shape index (κ3) is 1.92. The van der Waals surface area contributed by atoms with Gasteiger partial charge in [0.2, 0.25) is 6.08 Å². The van der Waals surface area contributed by atoms with Crippen LogP contribution in [0, 0.1) is 6.92 Å². The lowest BCUT2D eigenvalue weighted by molar-refractivity contribution is 0.395. The van der Waals surface area contributed by atoms with Crippen molar-refractivity contribution in [3.8, 4) is 11.5 Å². The maximum absolute atomic E-state index is 10.6. The fourth-order valence-corrected chi connectivity index (χ4v) is 2.54. The highest BCUT2D eigenvalue weighted by Gasteiger charge is 2.36. The normalized spacial score (nSPS) is 17.7. The molecule has 0 aromatic heterocycles. The van der Waals surface area contributed by atoms with Crippen LogP contribution in [0.25, 0.3) is 0 Å². The quantitative estimate of drug-likeness (QED) is 0.468. The molecule has 1 aliphatic rings. The zero-order chi connectivity index (χ0) is 12.5. The molecule has 90 valence electrons. The van der Waals surface area contributed by atoms with Crippen molar-refractivity contribution >= 4 is 6.08 Å². The van der Waals surface area contributed by atoms with Gasteiger partial charge in [-0.2, -0.15) is 4.99 Å². The Balaban J connectivity index is 2.54. The summed E-state index contributed by atoms with van der Waals surface area (Å²) in [5.74, 6) is -0.274. The van der Waals surface area contributed by atoms with Crippen LogP contribution in [0.2, 0.25) is 0 Å². The maximum atomic E-state index is 10.6. The van der Waals surface area contributed by atoms with E-state index < -0.39 is 5.54 Å². The highest BCUT2D eigenvalue weighted by atomic mass is 16.3. The van der Waals surface area contributed by atoms with Crippen LogP contribution in [0.1, 0.15) is 36.8 Å². The molecule has 0 saturated heterocycles. The standard InChI is InChI=1S/C13H15NO3/c1-9-6-10(7-11(16)12(9)17)13(14-8-15)4-2-3-5-13/h6-7,16-17H,2-5H2,1H3. The number of carbonyl (C=O) groups excluding carboxylic acids is 1. The fourth-order valence-electron chi connectivity index (χ4n) is 2.54. The molecule has 2 N–H and O–H groups in total. The molecule has 2 rings (SSSR count). The van der Waals surface area contributed by atoms with E-state index >= 15 is 0 Å². The Morgan fingerprint density at radius 3 is 2.47 bits per heavy atom. The molecule has 0 aliphatic heterocycles. The van der Waals surface area contributed by atoms with E-state index in [2.05, 4.69) is 4.99 Å². The number of aliphatic imine (C=N–C) groups is 1. The van der Waals surface area contributed by atoms with E-state index in [1.54, 1.807) is 19.1 Å². The lowest BCUT2D eigenvalue weighted by Gasteiger charge is -2.23. The Labute approximate surface area is 99.6 Å². The van der Waals surface area contributed by atoms with Crippen molar-refractivity contribution in [3.63, 3.8) is 0 Å². The number of phenols is 2. The van der Waals surface area contributed by atoms with Crippen LogP contribution < -0.4 is 0 Å². The number of benzene rings is 1. The molecule has 1 aliphatic carbocycles. The summed E-state index contributed by atoms with van der Waals surface area (Å²) in [5.41, 5.74) is 0.816. The van der Waals surface area contributed by atoms with Gasteiger partial charge in [-0.15, -0.1) is 0 Å². The van der Waals surface area contributed by atoms with E-state index in [-0.39, 0.29) is 11.5 Å². The fraction of sp³-hybridized carbons (Fsp3) is 0.462. The van der Waals surface area contributed by atoms with Gasteiger partial charge in [0, 0.05) is 0 Å². The minimum absolute atomic E-state index is 0.114. The van der Waals surface area contributed by atoms with Crippen LogP contribution in [0.3, 0.4) is 0 Å². The van der Waals surface area contributed by atoms with Gasteiger partial charge < -0.3 is 10.2 Å². The number of hydrogen-bond donors (Lipinski definition) is 2. The Hall–Kier alpha value is -1.80. The van der Waals surface area contributed by atoms with Crippen molar-refractivity contribution in [2.24, 2.45) is 4.99 Å². The predicted molar refractivity (Wildman–Crippen MR) is 62.8 cm³/mol. The van der Waals surface area contributed by atoms with Crippen molar-refractivity contribution in [2.45, 2.75) is 38.1 Å². The third-order valence-electron chi connectivity index (χ3n) is 3.51. The summed E-state index contributed by atoms with van der Waals surface area (Å²) in [6.07, 6.45) is 5.21. The second-order valence-corrected chi connectivity index (χ2v) is 4.60. The van der Waals surface area contributed by atoms with Crippen LogP contribution in [0.5, 0.6) is 11.5 Å². The lowest BCUT2D eigenvalue weighted by Crippen LogP contribution is -2.18. The zero-order valence-electron chi connectivity index (χ0n) is 9.73. The molecular formula is C13H15NO3. The van der Waals surface area contributed by atoms with Gasteiger partial charge in [0.05, 0.1) is 5.54 Å². The molecule has 1 aromatic rings. The molecule has 0 unspecified atom stereocenters. The number of isocyanates is 1. The number of hydrogen-bond acceptors (Lipinski definition) is 4. The minimum Gasteiger partial charge on any atom is -0.504 e. The van der Waals surface area contributed by atoms with E-state index in [0.29, 0.717) is 5.56 Å². The number of aryl methyl sites for hydroxylation is 1. The molecule has 1 fully saturated rings. The van der Waals surface area contributed by atoms with Crippen LogP contribution in [0.4, 0.5) is 0 Å². The van der Waals surface area contributed by atoms with Gasteiger partial charge in [-0.25, -0.2) is 4.79 Å². The van der Waals surface area contributed by atoms with Crippen molar-refractivity contribution in [1.29, 1.82) is 0 Å². The van der Waals surface area contributed by atoms with Crippen LogP contribution in [0.15, 0.2) is 17.1 Å². The number of phenolic OH excluding ortho intramolecular Hbond substituents is 2. The van der Waals surface area contributed by atoms with Crippen LogP contribution in [-0.2, 0) is 10.3 Å². The SMILES string of the molecule is Cc1cc(C2(N=C=O)CCCC2)cc(O)c1O. The largest absolute Gasteiger partial charge is 0.504 e. The first-order chi connectivity index (χ1) is 8.09. The molecule has 0 radical (unpaired) electrons. The highest BCUT2D eigenvalue weighted by molar-refractivity contribution is 5.50. The van der Waals surface area contributed by atoms with Crippen molar-refractivity contribution in [2.75, 3.05) is 0 Å². The predicted octanol–water partition coefficient (Wildman–Crippen LogP) is 2.51. The third-order valence-corrected chi connectivity index (χ3v) is 3.51. The smallest absolute Gasteiger partial charge is 0.235 e. The van der Waals surface area contributed by atoms with Gasteiger partial charge in [0.15, 0.2) is 11.5 Å². The van der Waals surface area contributed by atoms with Gasteiger partial charge in [-0.05, 0) is 43.0 Å². The lowest BCUT2D eigenvalue weighted by atomic mass is 9.87. The second kappa shape index (κ2) is 4.22.